The highest BCUT2D eigenvalue weighted by Gasteiger charge is 2.30. The molecule has 3 atom stereocenters. The number of hydrogen-bond acceptors (Lipinski definition) is 2. The molecule has 1 aromatic carbocycles. The third-order valence-electron chi connectivity index (χ3n) is 3.92. The minimum absolute atomic E-state index is 0.199. The highest BCUT2D eigenvalue weighted by molar-refractivity contribution is 5.13. The molecular formula is C17H24O2. The zero-order valence-electron chi connectivity index (χ0n) is 11.7. The maximum atomic E-state index is 10.1. The number of aliphatic hydroxyl groups excluding tert-OH is 1. The van der Waals surface area contributed by atoms with Gasteiger partial charge in [-0.05, 0) is 31.2 Å². The second-order valence-electron chi connectivity index (χ2n) is 5.36. The van der Waals surface area contributed by atoms with Crippen molar-refractivity contribution in [2.45, 2.75) is 38.9 Å². The Hall–Kier alpha value is -1.12. The molecule has 0 spiro atoms. The van der Waals surface area contributed by atoms with Crippen LogP contribution in [-0.2, 0) is 11.3 Å². The number of benzene rings is 1. The predicted octanol–water partition coefficient (Wildman–Crippen LogP) is 3.56. The van der Waals surface area contributed by atoms with Gasteiger partial charge in [-0.1, -0.05) is 48.9 Å². The van der Waals surface area contributed by atoms with Gasteiger partial charge in [-0.2, -0.15) is 0 Å². The second-order valence-corrected chi connectivity index (χ2v) is 5.36. The van der Waals surface area contributed by atoms with Crippen LogP contribution in [0, 0.1) is 11.8 Å². The van der Waals surface area contributed by atoms with E-state index in [2.05, 4.69) is 18.2 Å². The van der Waals surface area contributed by atoms with E-state index in [4.69, 9.17) is 4.74 Å². The molecule has 2 heteroatoms. The van der Waals surface area contributed by atoms with Gasteiger partial charge in [-0.25, -0.2) is 0 Å². The largest absolute Gasteiger partial charge is 0.393 e. The first kappa shape index (κ1) is 14.3. The molecule has 1 aromatic rings. The van der Waals surface area contributed by atoms with Crippen LogP contribution in [0.25, 0.3) is 0 Å². The molecule has 1 aliphatic rings. The number of rotatable bonds is 5. The Kier molecular flexibility index (Phi) is 5.62. The second kappa shape index (κ2) is 7.46. The summed E-state index contributed by atoms with van der Waals surface area (Å²) in [5.74, 6) is 0.707. The molecule has 0 saturated heterocycles. The molecule has 1 N–H and O–H groups in total. The van der Waals surface area contributed by atoms with Crippen LogP contribution < -0.4 is 0 Å². The third-order valence-corrected chi connectivity index (χ3v) is 3.92. The number of allylic oxidation sites excluding steroid dienone is 1. The van der Waals surface area contributed by atoms with E-state index in [1.165, 1.54) is 5.56 Å². The molecule has 1 fully saturated rings. The zero-order chi connectivity index (χ0) is 13.5. The summed E-state index contributed by atoms with van der Waals surface area (Å²) in [7, 11) is 0. The van der Waals surface area contributed by atoms with Crippen LogP contribution in [0.2, 0.25) is 0 Å². The Labute approximate surface area is 116 Å². The minimum Gasteiger partial charge on any atom is -0.393 e. The standard InChI is InChI=1S/C17H24O2/c1-2-7-16-15(10-6-11-17(16)18)13-19-12-14-8-4-3-5-9-14/h2-5,7-9,15-18H,6,10-13H2,1H3/b7-2+/t15-,16-,17-/m1/s1. The van der Waals surface area contributed by atoms with E-state index >= 15 is 0 Å². The van der Waals surface area contributed by atoms with Gasteiger partial charge in [-0.3, -0.25) is 0 Å². The summed E-state index contributed by atoms with van der Waals surface area (Å²) >= 11 is 0. The van der Waals surface area contributed by atoms with E-state index in [1.54, 1.807) is 0 Å². The first-order chi connectivity index (χ1) is 9.31. The lowest BCUT2D eigenvalue weighted by Gasteiger charge is -2.33. The van der Waals surface area contributed by atoms with E-state index in [0.29, 0.717) is 12.5 Å². The summed E-state index contributed by atoms with van der Waals surface area (Å²) < 4.78 is 5.84. The predicted molar refractivity (Wildman–Crippen MR) is 77.7 cm³/mol. The Morgan fingerprint density at radius 2 is 2.05 bits per heavy atom. The van der Waals surface area contributed by atoms with Crippen molar-refractivity contribution in [3.05, 3.63) is 48.0 Å². The van der Waals surface area contributed by atoms with Gasteiger partial charge in [0.15, 0.2) is 0 Å². The van der Waals surface area contributed by atoms with Crippen molar-refractivity contribution in [3.8, 4) is 0 Å². The summed E-state index contributed by atoms with van der Waals surface area (Å²) in [6, 6.07) is 10.2. The molecule has 19 heavy (non-hydrogen) atoms. The lowest BCUT2D eigenvalue weighted by molar-refractivity contribution is 0.00450. The average Bonchev–Trinajstić information content (AvgIpc) is 2.44. The van der Waals surface area contributed by atoms with E-state index < -0.39 is 0 Å². The van der Waals surface area contributed by atoms with Gasteiger partial charge in [-0.15, -0.1) is 0 Å². The molecule has 104 valence electrons. The summed E-state index contributed by atoms with van der Waals surface area (Å²) in [6.07, 6.45) is 7.17. The van der Waals surface area contributed by atoms with Crippen LogP contribution in [0.5, 0.6) is 0 Å². The maximum absolute atomic E-state index is 10.1. The first-order valence-electron chi connectivity index (χ1n) is 7.24. The SMILES string of the molecule is C/C=C/[C@@H]1[C@@H](COCc2ccccc2)CCC[C@H]1O. The number of ether oxygens (including phenoxy) is 1. The molecular weight excluding hydrogens is 236 g/mol. The van der Waals surface area contributed by atoms with Crippen molar-refractivity contribution in [1.29, 1.82) is 0 Å². The summed E-state index contributed by atoms with van der Waals surface area (Å²) in [6.45, 7) is 3.42. The fourth-order valence-corrected chi connectivity index (χ4v) is 2.89. The van der Waals surface area contributed by atoms with Crippen molar-refractivity contribution < 1.29 is 9.84 Å². The van der Waals surface area contributed by atoms with Crippen molar-refractivity contribution in [1.82, 2.24) is 0 Å². The molecule has 0 aliphatic heterocycles. The van der Waals surface area contributed by atoms with Gasteiger partial charge < -0.3 is 9.84 Å². The van der Waals surface area contributed by atoms with Gasteiger partial charge in [0.05, 0.1) is 19.3 Å². The van der Waals surface area contributed by atoms with Crippen LogP contribution in [-0.4, -0.2) is 17.8 Å². The van der Waals surface area contributed by atoms with E-state index in [1.807, 2.05) is 31.2 Å². The van der Waals surface area contributed by atoms with Crippen molar-refractivity contribution >= 4 is 0 Å². The van der Waals surface area contributed by atoms with Crippen molar-refractivity contribution in [3.63, 3.8) is 0 Å². The molecule has 2 rings (SSSR count). The summed E-state index contributed by atoms with van der Waals surface area (Å²) in [5.41, 5.74) is 1.21. The monoisotopic (exact) mass is 260 g/mol. The van der Waals surface area contributed by atoms with Gasteiger partial charge in [0.25, 0.3) is 0 Å². The molecule has 0 heterocycles. The minimum atomic E-state index is -0.199. The molecule has 0 bridgehead atoms. The van der Waals surface area contributed by atoms with Crippen LogP contribution in [0.4, 0.5) is 0 Å². The van der Waals surface area contributed by atoms with Crippen LogP contribution in [0.15, 0.2) is 42.5 Å². The smallest absolute Gasteiger partial charge is 0.0717 e. The maximum Gasteiger partial charge on any atom is 0.0717 e. The Morgan fingerprint density at radius 1 is 1.26 bits per heavy atom. The molecule has 0 aromatic heterocycles. The first-order valence-corrected chi connectivity index (χ1v) is 7.24. The van der Waals surface area contributed by atoms with E-state index in [0.717, 1.165) is 25.9 Å². The Morgan fingerprint density at radius 3 is 2.79 bits per heavy atom. The van der Waals surface area contributed by atoms with Gasteiger partial charge in [0.2, 0.25) is 0 Å². The summed E-state index contributed by atoms with van der Waals surface area (Å²) in [5, 5.41) is 10.1. The molecule has 0 amide bonds. The van der Waals surface area contributed by atoms with Gasteiger partial charge in [0, 0.05) is 5.92 Å². The van der Waals surface area contributed by atoms with E-state index in [9.17, 15) is 5.11 Å². The topological polar surface area (TPSA) is 29.5 Å². The quantitative estimate of drug-likeness (QED) is 0.820. The highest BCUT2D eigenvalue weighted by Crippen LogP contribution is 2.31. The molecule has 0 unspecified atom stereocenters. The van der Waals surface area contributed by atoms with Crippen LogP contribution >= 0.6 is 0 Å². The zero-order valence-corrected chi connectivity index (χ0v) is 11.7. The van der Waals surface area contributed by atoms with Crippen LogP contribution in [0.1, 0.15) is 31.7 Å². The fourth-order valence-electron chi connectivity index (χ4n) is 2.89. The Balaban J connectivity index is 1.83. The number of hydrogen-bond donors (Lipinski definition) is 1. The average molecular weight is 260 g/mol. The lowest BCUT2D eigenvalue weighted by atomic mass is 9.77. The molecule has 2 nitrogen and oxygen atoms in total. The molecule has 0 radical (unpaired) electrons. The van der Waals surface area contributed by atoms with Gasteiger partial charge in [0.1, 0.15) is 0 Å². The summed E-state index contributed by atoms with van der Waals surface area (Å²) in [4.78, 5) is 0. The molecule has 1 saturated carbocycles. The van der Waals surface area contributed by atoms with Crippen molar-refractivity contribution in [2.24, 2.45) is 11.8 Å². The third kappa shape index (κ3) is 4.19. The lowest BCUT2D eigenvalue weighted by Crippen LogP contribution is -2.33. The van der Waals surface area contributed by atoms with Crippen molar-refractivity contribution in [2.75, 3.05) is 6.61 Å². The molecule has 1 aliphatic carbocycles. The van der Waals surface area contributed by atoms with Crippen LogP contribution in [0.3, 0.4) is 0 Å². The van der Waals surface area contributed by atoms with Gasteiger partial charge >= 0.3 is 0 Å². The highest BCUT2D eigenvalue weighted by atomic mass is 16.5. The number of aliphatic hydroxyl groups is 1. The Bertz CT molecular complexity index is 386. The normalized spacial score (nSPS) is 27.8. The van der Waals surface area contributed by atoms with E-state index in [-0.39, 0.29) is 12.0 Å². The fraction of sp³-hybridized carbons (Fsp3) is 0.529.